The fraction of sp³-hybridized carbons (Fsp3) is 0.130. The number of Topliss-reactive ketones (excluding diaryl/α,β-unsaturated/α-hetero) is 1. The van der Waals surface area contributed by atoms with Crippen LogP contribution in [-0.2, 0) is 11.3 Å². The van der Waals surface area contributed by atoms with Crippen LogP contribution in [0.4, 0.5) is 0 Å². The summed E-state index contributed by atoms with van der Waals surface area (Å²) in [6.07, 6.45) is -1.03. The molecule has 0 bridgehead atoms. The van der Waals surface area contributed by atoms with Gasteiger partial charge in [-0.2, -0.15) is 0 Å². The minimum atomic E-state index is -1.03. The standard InChI is InChI=1S/C23H19N3O3/c1-16-11-13-17(14-12-16)22(27)21(29-23(28)18-7-3-2-4-8-18)15-26-20-10-6-5-9-19(20)24-25-26/h2-14,21H,15H2,1H3/t21-/m0/s1. The number of ketones is 1. The Morgan fingerprint density at radius 2 is 1.59 bits per heavy atom. The summed E-state index contributed by atoms with van der Waals surface area (Å²) in [4.78, 5) is 25.8. The smallest absolute Gasteiger partial charge is 0.338 e. The minimum Gasteiger partial charge on any atom is -0.448 e. The Kier molecular flexibility index (Phi) is 5.16. The molecule has 29 heavy (non-hydrogen) atoms. The van der Waals surface area contributed by atoms with Crippen LogP contribution in [0.3, 0.4) is 0 Å². The summed E-state index contributed by atoms with van der Waals surface area (Å²) in [5.74, 6) is -0.839. The van der Waals surface area contributed by atoms with Gasteiger partial charge in [0.25, 0.3) is 0 Å². The molecule has 0 aliphatic carbocycles. The van der Waals surface area contributed by atoms with Crippen LogP contribution in [0.2, 0.25) is 0 Å². The van der Waals surface area contributed by atoms with Crippen LogP contribution in [0.1, 0.15) is 26.3 Å². The lowest BCUT2D eigenvalue weighted by Gasteiger charge is -2.17. The van der Waals surface area contributed by atoms with Gasteiger partial charge in [-0.15, -0.1) is 5.10 Å². The Hall–Kier alpha value is -3.80. The summed E-state index contributed by atoms with van der Waals surface area (Å²) >= 11 is 0. The van der Waals surface area contributed by atoms with E-state index in [1.54, 1.807) is 41.1 Å². The third-order valence-electron chi connectivity index (χ3n) is 4.65. The molecule has 0 radical (unpaired) electrons. The van der Waals surface area contributed by atoms with Gasteiger partial charge in [0.15, 0.2) is 6.10 Å². The van der Waals surface area contributed by atoms with Crippen molar-refractivity contribution in [3.8, 4) is 0 Å². The quantitative estimate of drug-likeness (QED) is 0.372. The Balaban J connectivity index is 1.65. The molecule has 1 heterocycles. The first-order valence-corrected chi connectivity index (χ1v) is 9.27. The zero-order valence-corrected chi connectivity index (χ0v) is 15.9. The van der Waals surface area contributed by atoms with Crippen LogP contribution in [0.15, 0.2) is 78.9 Å². The van der Waals surface area contributed by atoms with E-state index >= 15 is 0 Å². The third kappa shape index (κ3) is 4.06. The first-order chi connectivity index (χ1) is 14.1. The average Bonchev–Trinajstić information content (AvgIpc) is 3.17. The van der Waals surface area contributed by atoms with Crippen LogP contribution in [0.5, 0.6) is 0 Å². The Labute approximate surface area is 167 Å². The predicted octanol–water partition coefficient (Wildman–Crippen LogP) is 3.85. The second-order valence-corrected chi connectivity index (χ2v) is 6.75. The first kappa shape index (κ1) is 18.6. The van der Waals surface area contributed by atoms with Gasteiger partial charge in [-0.3, -0.25) is 4.79 Å². The normalized spacial score (nSPS) is 11.9. The van der Waals surface area contributed by atoms with Gasteiger partial charge in [0.05, 0.1) is 17.6 Å². The summed E-state index contributed by atoms with van der Waals surface area (Å²) in [6, 6.07) is 23.2. The molecular formula is C23H19N3O3. The maximum Gasteiger partial charge on any atom is 0.338 e. The van der Waals surface area contributed by atoms with Crippen LogP contribution in [-0.4, -0.2) is 32.9 Å². The number of benzene rings is 3. The molecule has 3 aromatic carbocycles. The maximum absolute atomic E-state index is 13.1. The van der Waals surface area contributed by atoms with Crippen molar-refractivity contribution < 1.29 is 14.3 Å². The number of ether oxygens (including phenoxy) is 1. The van der Waals surface area contributed by atoms with Crippen molar-refractivity contribution >= 4 is 22.8 Å². The molecule has 4 aromatic rings. The Bertz CT molecular complexity index is 1150. The van der Waals surface area contributed by atoms with E-state index in [1.807, 2.05) is 49.4 Å². The number of esters is 1. The van der Waals surface area contributed by atoms with Crippen molar-refractivity contribution in [1.82, 2.24) is 15.0 Å². The Morgan fingerprint density at radius 3 is 2.34 bits per heavy atom. The SMILES string of the molecule is Cc1ccc(C(=O)[C@H](Cn2nnc3ccccc32)OC(=O)c2ccccc2)cc1. The molecule has 1 aromatic heterocycles. The monoisotopic (exact) mass is 385 g/mol. The molecule has 6 heteroatoms. The van der Waals surface area contributed by atoms with E-state index in [9.17, 15) is 9.59 Å². The number of carbonyl (C=O) groups excluding carboxylic acids is 2. The molecule has 0 unspecified atom stereocenters. The first-order valence-electron chi connectivity index (χ1n) is 9.27. The van der Waals surface area contributed by atoms with E-state index < -0.39 is 12.1 Å². The molecule has 0 N–H and O–H groups in total. The van der Waals surface area contributed by atoms with Crippen LogP contribution in [0, 0.1) is 6.92 Å². The number of nitrogens with zero attached hydrogens (tertiary/aromatic N) is 3. The maximum atomic E-state index is 13.1. The van der Waals surface area contributed by atoms with Crippen molar-refractivity contribution in [1.29, 1.82) is 0 Å². The Morgan fingerprint density at radius 1 is 0.897 bits per heavy atom. The van der Waals surface area contributed by atoms with Gasteiger partial charge >= 0.3 is 5.97 Å². The number of aromatic nitrogens is 3. The molecule has 6 nitrogen and oxygen atoms in total. The molecule has 0 amide bonds. The number of rotatable bonds is 6. The summed E-state index contributed by atoms with van der Waals surface area (Å²) in [5.41, 5.74) is 3.39. The zero-order valence-electron chi connectivity index (χ0n) is 15.9. The number of aryl methyl sites for hydroxylation is 1. The van der Waals surface area contributed by atoms with Gasteiger partial charge in [0, 0.05) is 5.56 Å². The van der Waals surface area contributed by atoms with Gasteiger partial charge in [-0.1, -0.05) is 65.4 Å². The molecular weight excluding hydrogens is 366 g/mol. The van der Waals surface area contributed by atoms with Crippen molar-refractivity contribution in [3.63, 3.8) is 0 Å². The van der Waals surface area contributed by atoms with Gasteiger partial charge < -0.3 is 4.74 Å². The summed E-state index contributed by atoms with van der Waals surface area (Å²) in [7, 11) is 0. The van der Waals surface area contributed by atoms with Gasteiger partial charge in [0.1, 0.15) is 5.52 Å². The minimum absolute atomic E-state index is 0.0752. The lowest BCUT2D eigenvalue weighted by atomic mass is 10.0. The van der Waals surface area contributed by atoms with E-state index in [4.69, 9.17) is 4.74 Å². The molecule has 1 atom stereocenters. The van der Waals surface area contributed by atoms with E-state index in [0.717, 1.165) is 11.1 Å². The zero-order chi connectivity index (χ0) is 20.2. The lowest BCUT2D eigenvalue weighted by Crippen LogP contribution is -2.32. The van der Waals surface area contributed by atoms with Gasteiger partial charge in [0.2, 0.25) is 5.78 Å². The van der Waals surface area contributed by atoms with E-state index in [0.29, 0.717) is 16.6 Å². The van der Waals surface area contributed by atoms with E-state index in [2.05, 4.69) is 10.3 Å². The highest BCUT2D eigenvalue weighted by molar-refractivity contribution is 6.01. The van der Waals surface area contributed by atoms with Crippen molar-refractivity contribution in [2.24, 2.45) is 0 Å². The molecule has 0 aliphatic heterocycles. The van der Waals surface area contributed by atoms with Gasteiger partial charge in [-0.05, 0) is 31.2 Å². The molecule has 0 aliphatic rings. The van der Waals surface area contributed by atoms with Crippen molar-refractivity contribution in [3.05, 3.63) is 95.6 Å². The van der Waals surface area contributed by atoms with Crippen molar-refractivity contribution in [2.45, 2.75) is 19.6 Å². The molecule has 0 spiro atoms. The summed E-state index contributed by atoms with van der Waals surface area (Å²) < 4.78 is 7.22. The summed E-state index contributed by atoms with van der Waals surface area (Å²) in [6.45, 7) is 2.02. The molecule has 0 fully saturated rings. The highest BCUT2D eigenvalue weighted by atomic mass is 16.5. The largest absolute Gasteiger partial charge is 0.448 e. The molecule has 144 valence electrons. The van der Waals surface area contributed by atoms with Crippen LogP contribution >= 0.6 is 0 Å². The number of carbonyl (C=O) groups is 2. The lowest BCUT2D eigenvalue weighted by molar-refractivity contribution is 0.0245. The number of hydrogen-bond acceptors (Lipinski definition) is 5. The van der Waals surface area contributed by atoms with Gasteiger partial charge in [-0.25, -0.2) is 9.48 Å². The number of fused-ring (bicyclic) bond motifs is 1. The van der Waals surface area contributed by atoms with E-state index in [1.165, 1.54) is 0 Å². The van der Waals surface area contributed by atoms with E-state index in [-0.39, 0.29) is 12.3 Å². The van der Waals surface area contributed by atoms with Crippen molar-refractivity contribution in [2.75, 3.05) is 0 Å². The number of para-hydroxylation sites is 1. The third-order valence-corrected chi connectivity index (χ3v) is 4.65. The van der Waals surface area contributed by atoms with Crippen LogP contribution < -0.4 is 0 Å². The molecule has 0 saturated carbocycles. The fourth-order valence-electron chi connectivity index (χ4n) is 3.06. The second kappa shape index (κ2) is 8.06. The molecule has 4 rings (SSSR count). The fourth-order valence-corrected chi connectivity index (χ4v) is 3.06. The summed E-state index contributed by atoms with van der Waals surface area (Å²) in [5, 5.41) is 8.24. The topological polar surface area (TPSA) is 74.1 Å². The predicted molar refractivity (Wildman–Crippen MR) is 109 cm³/mol. The second-order valence-electron chi connectivity index (χ2n) is 6.75. The highest BCUT2D eigenvalue weighted by Crippen LogP contribution is 2.16. The average molecular weight is 385 g/mol. The highest BCUT2D eigenvalue weighted by Gasteiger charge is 2.26. The van der Waals surface area contributed by atoms with Crippen LogP contribution in [0.25, 0.3) is 11.0 Å². The number of hydrogen-bond donors (Lipinski definition) is 0. The molecule has 0 saturated heterocycles.